The highest BCUT2D eigenvalue weighted by atomic mass is 16.5. The number of anilines is 1. The second kappa shape index (κ2) is 12.0. The minimum atomic E-state index is -0.114. The van der Waals surface area contributed by atoms with Gasteiger partial charge in [0.25, 0.3) is 0 Å². The Morgan fingerprint density at radius 1 is 0.857 bits per heavy atom. The molecule has 3 rings (SSSR count). The third-order valence-corrected chi connectivity index (χ3v) is 6.48. The van der Waals surface area contributed by atoms with Crippen LogP contribution in [-0.2, 0) is 11.3 Å². The molecule has 1 heterocycles. The monoisotopic (exact) mass is 486 g/mol. The summed E-state index contributed by atoms with van der Waals surface area (Å²) in [6.07, 6.45) is 1.73. The second-order valence-corrected chi connectivity index (χ2v) is 8.90. The fraction of sp³-hybridized carbons (Fsp3) is 0.519. The summed E-state index contributed by atoms with van der Waals surface area (Å²) >= 11 is 0. The SMILES string of the molecule is COc1ccc(N(C(=O)C(C)C)C2CCN(Cc3ccc(OC)c(OC)c3OC)CC2)cc1OC. The molecule has 1 fully saturated rings. The first-order chi connectivity index (χ1) is 16.9. The summed E-state index contributed by atoms with van der Waals surface area (Å²) in [5.74, 6) is 3.19. The van der Waals surface area contributed by atoms with Gasteiger partial charge >= 0.3 is 0 Å². The maximum Gasteiger partial charge on any atom is 0.229 e. The Morgan fingerprint density at radius 3 is 2.00 bits per heavy atom. The van der Waals surface area contributed by atoms with Gasteiger partial charge in [-0.15, -0.1) is 0 Å². The molecule has 0 bridgehead atoms. The Bertz CT molecular complexity index is 1000. The quantitative estimate of drug-likeness (QED) is 0.494. The highest BCUT2D eigenvalue weighted by Gasteiger charge is 2.31. The number of hydrogen-bond donors (Lipinski definition) is 0. The van der Waals surface area contributed by atoms with E-state index in [0.717, 1.165) is 43.7 Å². The van der Waals surface area contributed by atoms with E-state index in [1.165, 1.54) is 0 Å². The molecule has 0 N–H and O–H groups in total. The summed E-state index contributed by atoms with van der Waals surface area (Å²) in [6.45, 7) is 6.32. The van der Waals surface area contributed by atoms with Gasteiger partial charge in [0.1, 0.15) is 0 Å². The molecule has 0 atom stereocenters. The number of methoxy groups -OCH3 is 5. The predicted octanol–water partition coefficient (Wildman–Crippen LogP) is 4.38. The van der Waals surface area contributed by atoms with E-state index in [-0.39, 0.29) is 17.9 Å². The zero-order chi connectivity index (χ0) is 25.5. The van der Waals surface area contributed by atoms with E-state index in [4.69, 9.17) is 23.7 Å². The average Bonchev–Trinajstić information content (AvgIpc) is 2.88. The van der Waals surface area contributed by atoms with Gasteiger partial charge in [0.05, 0.1) is 35.5 Å². The molecule has 2 aromatic carbocycles. The van der Waals surface area contributed by atoms with E-state index >= 15 is 0 Å². The van der Waals surface area contributed by atoms with Crippen LogP contribution in [0.3, 0.4) is 0 Å². The van der Waals surface area contributed by atoms with Gasteiger partial charge in [-0.1, -0.05) is 19.9 Å². The van der Waals surface area contributed by atoms with Crippen LogP contribution in [0.5, 0.6) is 28.7 Å². The highest BCUT2D eigenvalue weighted by Crippen LogP contribution is 2.40. The lowest BCUT2D eigenvalue weighted by Gasteiger charge is -2.39. The number of nitrogens with zero attached hydrogens (tertiary/aromatic N) is 2. The molecule has 0 unspecified atom stereocenters. The van der Waals surface area contributed by atoms with Gasteiger partial charge in [0.2, 0.25) is 11.7 Å². The van der Waals surface area contributed by atoms with Crippen LogP contribution >= 0.6 is 0 Å². The molecule has 1 amide bonds. The van der Waals surface area contributed by atoms with Crippen molar-refractivity contribution in [1.82, 2.24) is 4.90 Å². The molecule has 2 aromatic rings. The number of likely N-dealkylation sites (tertiary alicyclic amines) is 1. The fourth-order valence-corrected chi connectivity index (χ4v) is 4.64. The number of carbonyl (C=O) groups excluding carboxylic acids is 1. The topological polar surface area (TPSA) is 69.7 Å². The zero-order valence-corrected chi connectivity index (χ0v) is 21.9. The van der Waals surface area contributed by atoms with Crippen LogP contribution in [0, 0.1) is 5.92 Å². The Balaban J connectivity index is 1.78. The summed E-state index contributed by atoms with van der Waals surface area (Å²) in [5.41, 5.74) is 1.87. The van der Waals surface area contributed by atoms with Gasteiger partial charge in [0, 0.05) is 48.9 Å². The highest BCUT2D eigenvalue weighted by molar-refractivity contribution is 5.95. The number of hydrogen-bond acceptors (Lipinski definition) is 7. The third kappa shape index (κ3) is 5.75. The van der Waals surface area contributed by atoms with Crippen molar-refractivity contribution in [2.24, 2.45) is 5.92 Å². The van der Waals surface area contributed by atoms with Crippen molar-refractivity contribution in [3.8, 4) is 28.7 Å². The molecule has 1 saturated heterocycles. The second-order valence-electron chi connectivity index (χ2n) is 8.90. The lowest BCUT2D eigenvalue weighted by Crippen LogP contribution is -2.48. The largest absolute Gasteiger partial charge is 0.493 e. The van der Waals surface area contributed by atoms with Gasteiger partial charge in [0.15, 0.2) is 23.0 Å². The molecule has 0 saturated carbocycles. The van der Waals surface area contributed by atoms with Gasteiger partial charge in [-0.3, -0.25) is 9.69 Å². The van der Waals surface area contributed by atoms with Gasteiger partial charge in [-0.2, -0.15) is 0 Å². The Labute approximate surface area is 208 Å². The molecule has 0 aliphatic carbocycles. The van der Waals surface area contributed by atoms with Crippen LogP contribution in [0.2, 0.25) is 0 Å². The standard InChI is InChI=1S/C27H38N2O6/c1-18(2)27(30)29(21-9-11-22(31-3)24(16-21)33-5)20-12-14-28(15-13-20)17-19-8-10-23(32-4)26(35-7)25(19)34-6/h8-11,16,18,20H,12-15,17H2,1-7H3. The maximum atomic E-state index is 13.3. The maximum absolute atomic E-state index is 13.3. The number of amides is 1. The van der Waals surface area contributed by atoms with E-state index in [9.17, 15) is 4.79 Å². The Morgan fingerprint density at radius 2 is 1.46 bits per heavy atom. The lowest BCUT2D eigenvalue weighted by atomic mass is 9.99. The first-order valence-electron chi connectivity index (χ1n) is 11.9. The number of piperidine rings is 1. The third-order valence-electron chi connectivity index (χ3n) is 6.48. The van der Waals surface area contributed by atoms with Crippen molar-refractivity contribution in [3.05, 3.63) is 35.9 Å². The molecule has 8 nitrogen and oxygen atoms in total. The molecule has 1 aliphatic rings. The van der Waals surface area contributed by atoms with Crippen molar-refractivity contribution < 1.29 is 28.5 Å². The summed E-state index contributed by atoms with van der Waals surface area (Å²) in [7, 11) is 8.09. The zero-order valence-electron chi connectivity index (χ0n) is 21.9. The first-order valence-corrected chi connectivity index (χ1v) is 11.9. The smallest absolute Gasteiger partial charge is 0.229 e. The van der Waals surface area contributed by atoms with E-state index in [1.807, 2.05) is 49.1 Å². The van der Waals surface area contributed by atoms with E-state index in [2.05, 4.69) is 4.90 Å². The molecule has 0 radical (unpaired) electrons. The molecular weight excluding hydrogens is 448 g/mol. The van der Waals surface area contributed by atoms with Crippen LogP contribution in [0.1, 0.15) is 32.3 Å². The first kappa shape index (κ1) is 26.5. The van der Waals surface area contributed by atoms with E-state index < -0.39 is 0 Å². The van der Waals surface area contributed by atoms with Gasteiger partial charge in [-0.25, -0.2) is 0 Å². The number of rotatable bonds is 10. The van der Waals surface area contributed by atoms with E-state index in [0.29, 0.717) is 28.7 Å². The molecule has 0 spiro atoms. The molecule has 8 heteroatoms. The van der Waals surface area contributed by atoms with Crippen molar-refractivity contribution in [2.45, 2.75) is 39.3 Å². The van der Waals surface area contributed by atoms with Crippen molar-refractivity contribution in [3.63, 3.8) is 0 Å². The average molecular weight is 487 g/mol. The summed E-state index contributed by atoms with van der Waals surface area (Å²) in [4.78, 5) is 17.6. The number of benzene rings is 2. The molecule has 0 aromatic heterocycles. The molecule has 1 aliphatic heterocycles. The number of carbonyl (C=O) groups is 1. The number of ether oxygens (including phenoxy) is 5. The fourth-order valence-electron chi connectivity index (χ4n) is 4.64. The van der Waals surface area contributed by atoms with Crippen molar-refractivity contribution in [1.29, 1.82) is 0 Å². The van der Waals surface area contributed by atoms with E-state index in [1.54, 1.807) is 35.5 Å². The van der Waals surface area contributed by atoms with Gasteiger partial charge in [-0.05, 0) is 31.0 Å². The van der Waals surface area contributed by atoms with Crippen LogP contribution in [-0.4, -0.2) is 65.5 Å². The summed E-state index contributed by atoms with van der Waals surface area (Å²) in [5, 5.41) is 0. The van der Waals surface area contributed by atoms with Gasteiger partial charge < -0.3 is 28.6 Å². The minimum Gasteiger partial charge on any atom is -0.493 e. The van der Waals surface area contributed by atoms with Crippen LogP contribution in [0.15, 0.2) is 30.3 Å². The minimum absolute atomic E-state index is 0.103. The van der Waals surface area contributed by atoms with Crippen molar-refractivity contribution in [2.75, 3.05) is 53.5 Å². The molecular formula is C27H38N2O6. The summed E-state index contributed by atoms with van der Waals surface area (Å²) < 4.78 is 27.5. The Hall–Kier alpha value is -3.13. The molecule has 192 valence electrons. The lowest BCUT2D eigenvalue weighted by molar-refractivity contribution is -0.122. The van der Waals surface area contributed by atoms with Crippen LogP contribution in [0.4, 0.5) is 5.69 Å². The van der Waals surface area contributed by atoms with Crippen LogP contribution < -0.4 is 28.6 Å². The normalized spacial score (nSPS) is 14.5. The molecule has 35 heavy (non-hydrogen) atoms. The summed E-state index contributed by atoms with van der Waals surface area (Å²) in [6, 6.07) is 9.70. The van der Waals surface area contributed by atoms with Crippen molar-refractivity contribution >= 4 is 11.6 Å². The van der Waals surface area contributed by atoms with Crippen LogP contribution in [0.25, 0.3) is 0 Å². The predicted molar refractivity (Wildman–Crippen MR) is 136 cm³/mol. The Kier molecular flexibility index (Phi) is 9.09.